The van der Waals surface area contributed by atoms with Crippen LogP contribution < -0.4 is 10.9 Å². The van der Waals surface area contributed by atoms with E-state index >= 15 is 0 Å². The van der Waals surface area contributed by atoms with Crippen LogP contribution in [0, 0.1) is 13.8 Å². The Morgan fingerprint density at radius 1 is 1.41 bits per heavy atom. The zero-order chi connectivity index (χ0) is 12.3. The normalized spacial score (nSPS) is 10.5. The van der Waals surface area contributed by atoms with Gasteiger partial charge in [-0.1, -0.05) is 5.16 Å². The molecular formula is C10H13N5O2. The second-order valence-corrected chi connectivity index (χ2v) is 3.63. The highest BCUT2D eigenvalue weighted by molar-refractivity contribution is 5.32. The third-order valence-electron chi connectivity index (χ3n) is 2.07. The number of nitrogens with one attached hydrogen (secondary N) is 2. The van der Waals surface area contributed by atoms with E-state index in [1.807, 2.05) is 0 Å². The van der Waals surface area contributed by atoms with E-state index in [1.54, 1.807) is 13.8 Å². The van der Waals surface area contributed by atoms with Gasteiger partial charge in [0, 0.05) is 19.0 Å². The molecule has 0 aliphatic carbocycles. The Bertz CT molecular complexity index is 560. The molecule has 0 aliphatic heterocycles. The zero-order valence-corrected chi connectivity index (χ0v) is 9.65. The molecule has 17 heavy (non-hydrogen) atoms. The first kappa shape index (κ1) is 11.3. The van der Waals surface area contributed by atoms with Crippen LogP contribution in [0.3, 0.4) is 0 Å². The van der Waals surface area contributed by atoms with Crippen molar-refractivity contribution in [2.45, 2.75) is 20.3 Å². The smallest absolute Gasteiger partial charge is 0.252 e. The van der Waals surface area contributed by atoms with Crippen molar-refractivity contribution < 1.29 is 4.52 Å². The topological polar surface area (TPSA) is 96.7 Å². The Kier molecular flexibility index (Phi) is 3.17. The molecule has 0 saturated heterocycles. The minimum absolute atomic E-state index is 0.173. The average Bonchev–Trinajstić information content (AvgIpc) is 2.63. The maximum Gasteiger partial charge on any atom is 0.252 e. The molecule has 2 rings (SSSR count). The van der Waals surface area contributed by atoms with Crippen molar-refractivity contribution in [3.63, 3.8) is 0 Å². The Morgan fingerprint density at radius 3 is 2.88 bits per heavy atom. The molecule has 0 aromatic carbocycles. The highest BCUT2D eigenvalue weighted by Crippen LogP contribution is 2.00. The number of hydrogen-bond acceptors (Lipinski definition) is 6. The van der Waals surface area contributed by atoms with Gasteiger partial charge >= 0.3 is 0 Å². The highest BCUT2D eigenvalue weighted by atomic mass is 16.5. The summed E-state index contributed by atoms with van der Waals surface area (Å²) < 4.78 is 4.96. The molecule has 2 aromatic rings. The van der Waals surface area contributed by atoms with Crippen molar-refractivity contribution in [2.24, 2.45) is 0 Å². The predicted molar refractivity (Wildman–Crippen MR) is 60.8 cm³/mol. The maximum absolute atomic E-state index is 11.2. The fraction of sp³-hybridized carbons (Fsp3) is 0.400. The van der Waals surface area contributed by atoms with Crippen molar-refractivity contribution in [3.05, 3.63) is 34.0 Å². The number of aromatic nitrogens is 4. The van der Waals surface area contributed by atoms with E-state index in [0.717, 1.165) is 0 Å². The van der Waals surface area contributed by atoms with Crippen molar-refractivity contribution >= 4 is 5.82 Å². The van der Waals surface area contributed by atoms with Crippen molar-refractivity contribution in [3.8, 4) is 0 Å². The molecule has 2 heterocycles. The quantitative estimate of drug-likeness (QED) is 0.797. The van der Waals surface area contributed by atoms with Gasteiger partial charge in [-0.15, -0.1) is 0 Å². The number of aryl methyl sites for hydroxylation is 2. The molecule has 7 nitrogen and oxygen atoms in total. The van der Waals surface area contributed by atoms with Crippen LogP contribution in [0.5, 0.6) is 0 Å². The van der Waals surface area contributed by atoms with Gasteiger partial charge in [0.25, 0.3) is 5.56 Å². The summed E-state index contributed by atoms with van der Waals surface area (Å²) in [4.78, 5) is 22.0. The van der Waals surface area contributed by atoms with Crippen LogP contribution in [0.25, 0.3) is 0 Å². The Labute approximate surface area is 97.3 Å². The molecule has 0 saturated carbocycles. The van der Waals surface area contributed by atoms with E-state index in [0.29, 0.717) is 36.3 Å². The van der Waals surface area contributed by atoms with Crippen LogP contribution >= 0.6 is 0 Å². The second kappa shape index (κ2) is 4.77. The number of anilines is 1. The zero-order valence-electron chi connectivity index (χ0n) is 9.65. The molecule has 0 atom stereocenters. The van der Waals surface area contributed by atoms with Crippen LogP contribution in [0.15, 0.2) is 15.4 Å². The largest absolute Gasteiger partial charge is 0.369 e. The fourth-order valence-corrected chi connectivity index (χ4v) is 1.41. The van der Waals surface area contributed by atoms with Crippen LogP contribution in [-0.2, 0) is 6.42 Å². The minimum Gasteiger partial charge on any atom is -0.369 e. The summed E-state index contributed by atoms with van der Waals surface area (Å²) in [6, 6.07) is 1.41. The van der Waals surface area contributed by atoms with Crippen molar-refractivity contribution in [1.82, 2.24) is 20.1 Å². The van der Waals surface area contributed by atoms with E-state index < -0.39 is 0 Å². The summed E-state index contributed by atoms with van der Waals surface area (Å²) in [5.74, 6) is 2.30. The van der Waals surface area contributed by atoms with Gasteiger partial charge in [-0.05, 0) is 13.8 Å². The fourth-order valence-electron chi connectivity index (χ4n) is 1.41. The van der Waals surface area contributed by atoms with Gasteiger partial charge in [0.05, 0.1) is 0 Å². The summed E-state index contributed by atoms with van der Waals surface area (Å²) in [5.41, 5.74) is -0.173. The van der Waals surface area contributed by atoms with E-state index in [1.165, 1.54) is 6.07 Å². The van der Waals surface area contributed by atoms with E-state index in [4.69, 9.17) is 4.52 Å². The molecule has 0 aliphatic rings. The maximum atomic E-state index is 11.2. The first-order valence-corrected chi connectivity index (χ1v) is 5.24. The van der Waals surface area contributed by atoms with Gasteiger partial charge < -0.3 is 14.8 Å². The molecule has 0 bridgehead atoms. The number of aromatic amines is 1. The van der Waals surface area contributed by atoms with Gasteiger partial charge in [0.1, 0.15) is 11.6 Å². The standard InChI is InChI=1S/C10H13N5O2/c1-6-12-8(5-9(16)13-6)11-4-3-10-14-7(2)15-17-10/h5H,3-4H2,1-2H3,(H2,11,12,13,16). The predicted octanol–water partition coefficient (Wildman–Crippen LogP) is 0.424. The SMILES string of the molecule is Cc1noc(CCNc2cc(=O)[nH]c(C)n2)n1. The van der Waals surface area contributed by atoms with Crippen molar-refractivity contribution in [1.29, 1.82) is 0 Å². The number of nitrogens with zero attached hydrogens (tertiary/aromatic N) is 3. The van der Waals surface area contributed by atoms with E-state index in [2.05, 4.69) is 25.4 Å². The molecular weight excluding hydrogens is 222 g/mol. The molecule has 2 N–H and O–H groups in total. The average molecular weight is 235 g/mol. The Hall–Kier alpha value is -2.18. The summed E-state index contributed by atoms with van der Waals surface area (Å²) in [6.07, 6.45) is 0.592. The van der Waals surface area contributed by atoms with Gasteiger partial charge in [-0.2, -0.15) is 4.98 Å². The first-order valence-electron chi connectivity index (χ1n) is 5.24. The first-order chi connectivity index (χ1) is 8.13. The number of rotatable bonds is 4. The summed E-state index contributed by atoms with van der Waals surface area (Å²) in [7, 11) is 0. The molecule has 0 spiro atoms. The lowest BCUT2D eigenvalue weighted by Gasteiger charge is -2.03. The third-order valence-corrected chi connectivity index (χ3v) is 2.07. The molecule has 7 heteroatoms. The molecule has 90 valence electrons. The molecule has 2 aromatic heterocycles. The van der Waals surface area contributed by atoms with Crippen LogP contribution in [0.1, 0.15) is 17.5 Å². The van der Waals surface area contributed by atoms with E-state index in [9.17, 15) is 4.79 Å². The van der Waals surface area contributed by atoms with Crippen LogP contribution in [0.4, 0.5) is 5.82 Å². The van der Waals surface area contributed by atoms with E-state index in [-0.39, 0.29) is 5.56 Å². The molecule has 0 fully saturated rings. The number of H-pyrrole nitrogens is 1. The second-order valence-electron chi connectivity index (χ2n) is 3.63. The van der Waals surface area contributed by atoms with Gasteiger partial charge in [-0.3, -0.25) is 4.79 Å². The Balaban J connectivity index is 1.92. The summed E-state index contributed by atoms with van der Waals surface area (Å²) >= 11 is 0. The third kappa shape index (κ3) is 3.13. The van der Waals surface area contributed by atoms with Crippen LogP contribution in [0.2, 0.25) is 0 Å². The van der Waals surface area contributed by atoms with Crippen LogP contribution in [-0.4, -0.2) is 26.7 Å². The lowest BCUT2D eigenvalue weighted by atomic mass is 10.4. The molecule has 0 radical (unpaired) electrons. The molecule has 0 amide bonds. The monoisotopic (exact) mass is 235 g/mol. The summed E-state index contributed by atoms with van der Waals surface area (Å²) in [5, 5.41) is 6.71. The highest BCUT2D eigenvalue weighted by Gasteiger charge is 2.02. The van der Waals surface area contributed by atoms with Gasteiger partial charge in [-0.25, -0.2) is 4.98 Å². The lowest BCUT2D eigenvalue weighted by molar-refractivity contribution is 0.377. The van der Waals surface area contributed by atoms with Crippen molar-refractivity contribution in [2.75, 3.05) is 11.9 Å². The van der Waals surface area contributed by atoms with Gasteiger partial charge in [0.2, 0.25) is 5.89 Å². The summed E-state index contributed by atoms with van der Waals surface area (Å²) in [6.45, 7) is 4.08. The van der Waals surface area contributed by atoms with Gasteiger partial charge in [0.15, 0.2) is 5.82 Å². The number of hydrogen-bond donors (Lipinski definition) is 2. The molecule has 0 unspecified atom stereocenters. The minimum atomic E-state index is -0.173. The lowest BCUT2D eigenvalue weighted by Crippen LogP contribution is -2.13. The Morgan fingerprint density at radius 2 is 2.24 bits per heavy atom.